The van der Waals surface area contributed by atoms with E-state index >= 15 is 0 Å². The summed E-state index contributed by atoms with van der Waals surface area (Å²) in [6.45, 7) is 3.73. The van der Waals surface area contributed by atoms with Crippen LogP contribution in [0.2, 0.25) is 0 Å². The molecule has 6 heteroatoms. The van der Waals surface area contributed by atoms with Crippen molar-refractivity contribution >= 4 is 20.4 Å². The molecule has 74 valence electrons. The van der Waals surface area contributed by atoms with E-state index in [0.29, 0.717) is 0 Å². The van der Waals surface area contributed by atoms with Gasteiger partial charge in [-0.3, -0.25) is 4.23 Å². The summed E-state index contributed by atoms with van der Waals surface area (Å²) in [7, 11) is 2.37. The molecular formula is C7H15BrN2OSi2. The third-order valence-electron chi connectivity index (χ3n) is 1.80. The number of imidazole rings is 1. The third-order valence-corrected chi connectivity index (χ3v) is 3.69. The number of aryl methyl sites for hydroxylation is 1. The summed E-state index contributed by atoms with van der Waals surface area (Å²) in [4.78, 5) is 0. The van der Waals surface area contributed by atoms with E-state index in [1.807, 2.05) is 6.08 Å². The third kappa shape index (κ3) is 3.22. The first-order valence-corrected chi connectivity index (χ1v) is 5.95. The van der Waals surface area contributed by atoms with Gasteiger partial charge in [-0.25, -0.2) is 4.57 Å². The van der Waals surface area contributed by atoms with Gasteiger partial charge in [-0.05, 0) is 0 Å². The van der Waals surface area contributed by atoms with Gasteiger partial charge in [-0.1, -0.05) is 6.08 Å². The maximum Gasteiger partial charge on any atom is 0.371 e. The smallest absolute Gasteiger partial charge is 0.371 e. The Morgan fingerprint density at radius 2 is 2.54 bits per heavy atom. The van der Waals surface area contributed by atoms with E-state index < -0.39 is 9.92 Å². The number of hydrogen-bond donors (Lipinski definition) is 0. The van der Waals surface area contributed by atoms with Gasteiger partial charge in [0.15, 0.2) is 0 Å². The largest absolute Gasteiger partial charge is 1.00 e. The Bertz CT molecular complexity index is 277. The average molecular weight is 279 g/mol. The Morgan fingerprint density at radius 3 is 3.08 bits per heavy atom. The van der Waals surface area contributed by atoms with Crippen molar-refractivity contribution in [2.45, 2.75) is 6.42 Å². The van der Waals surface area contributed by atoms with Crippen LogP contribution in [-0.2, 0) is 17.6 Å². The van der Waals surface area contributed by atoms with E-state index in [0.717, 1.165) is 16.9 Å². The second-order valence-corrected chi connectivity index (χ2v) is 5.95. The first-order chi connectivity index (χ1) is 5.79. The molecule has 1 heterocycles. The monoisotopic (exact) mass is 278 g/mol. The van der Waals surface area contributed by atoms with Crippen LogP contribution in [0.1, 0.15) is 5.82 Å². The lowest BCUT2D eigenvalue weighted by Crippen LogP contribution is -3.00. The van der Waals surface area contributed by atoms with Crippen LogP contribution in [0.5, 0.6) is 0 Å². The molecular weight excluding hydrogens is 264 g/mol. The van der Waals surface area contributed by atoms with E-state index in [-0.39, 0.29) is 17.0 Å². The first-order valence-electron chi connectivity index (χ1n) is 3.93. The van der Waals surface area contributed by atoms with E-state index in [9.17, 15) is 0 Å². The number of nitrogens with zero attached hydrogens (tertiary/aromatic N) is 2. The molecule has 0 amide bonds. The van der Waals surface area contributed by atoms with Crippen molar-refractivity contribution in [2.24, 2.45) is 7.05 Å². The summed E-state index contributed by atoms with van der Waals surface area (Å²) in [6, 6.07) is 0. The van der Waals surface area contributed by atoms with Crippen molar-refractivity contribution in [3.05, 3.63) is 30.9 Å². The molecule has 0 radical (unpaired) electrons. The molecule has 0 bridgehead atoms. The van der Waals surface area contributed by atoms with Crippen LogP contribution in [0.3, 0.4) is 0 Å². The van der Waals surface area contributed by atoms with Gasteiger partial charge in [0.1, 0.15) is 22.9 Å². The molecule has 0 fully saturated rings. The normalized spacial score (nSPS) is 10.5. The van der Waals surface area contributed by atoms with Gasteiger partial charge >= 0.3 is 9.92 Å². The maximum atomic E-state index is 5.32. The summed E-state index contributed by atoms with van der Waals surface area (Å²) in [6.07, 6.45) is 6.99. The van der Waals surface area contributed by atoms with Crippen molar-refractivity contribution in [1.29, 1.82) is 0 Å². The predicted molar refractivity (Wildman–Crippen MR) is 54.5 cm³/mol. The van der Waals surface area contributed by atoms with Crippen LogP contribution in [0.4, 0.5) is 0 Å². The zero-order valence-corrected chi connectivity index (χ0v) is 13.0. The zero-order valence-electron chi connectivity index (χ0n) is 8.03. The maximum absolute atomic E-state index is 5.32. The quantitative estimate of drug-likeness (QED) is 0.400. The molecule has 1 aromatic heterocycles. The van der Waals surface area contributed by atoms with E-state index in [1.165, 1.54) is 5.82 Å². The van der Waals surface area contributed by atoms with E-state index in [4.69, 9.17) is 4.12 Å². The lowest BCUT2D eigenvalue weighted by Gasteiger charge is -1.98. The molecule has 0 aliphatic rings. The van der Waals surface area contributed by atoms with Gasteiger partial charge in [0.2, 0.25) is 5.82 Å². The molecule has 0 saturated heterocycles. The number of rotatable bonds is 4. The second kappa shape index (κ2) is 6.30. The molecule has 0 atom stereocenters. The van der Waals surface area contributed by atoms with Gasteiger partial charge in [-0.15, -0.1) is 6.58 Å². The molecule has 0 unspecified atom stereocenters. The molecule has 1 rings (SSSR count). The summed E-state index contributed by atoms with van der Waals surface area (Å²) in [5.41, 5.74) is 0. The molecule has 0 aliphatic carbocycles. The van der Waals surface area contributed by atoms with Crippen molar-refractivity contribution in [1.82, 2.24) is 4.57 Å². The Labute approximate surface area is 94.7 Å². The topological polar surface area (TPSA) is 18.0 Å². The lowest BCUT2D eigenvalue weighted by molar-refractivity contribution is -0.547. The Balaban J connectivity index is 0.00000144. The summed E-state index contributed by atoms with van der Waals surface area (Å²) in [5.74, 6) is 1.28. The molecule has 1 aromatic rings. The Hall–Kier alpha value is -0.176. The van der Waals surface area contributed by atoms with Crippen LogP contribution in [0, 0.1) is 0 Å². The number of allylic oxidation sites excluding steroid dienone is 1. The van der Waals surface area contributed by atoms with Crippen molar-refractivity contribution in [3.8, 4) is 0 Å². The SMILES string of the molecule is C=CCc1n(C)cc[n+]1[SiH2]O[SiH3].[Br-]. The summed E-state index contributed by atoms with van der Waals surface area (Å²) < 4.78 is 9.67. The molecule has 0 N–H and O–H groups in total. The molecule has 3 nitrogen and oxygen atoms in total. The fraction of sp³-hybridized carbons (Fsp3) is 0.286. The van der Waals surface area contributed by atoms with Gasteiger partial charge in [0.05, 0.1) is 13.5 Å². The van der Waals surface area contributed by atoms with Crippen molar-refractivity contribution in [2.75, 3.05) is 0 Å². The second-order valence-electron chi connectivity index (χ2n) is 2.71. The van der Waals surface area contributed by atoms with Gasteiger partial charge < -0.3 is 21.1 Å². The summed E-state index contributed by atoms with van der Waals surface area (Å²) in [5, 5.41) is 0. The van der Waals surface area contributed by atoms with Crippen LogP contribution < -0.4 is 21.2 Å². The predicted octanol–water partition coefficient (Wildman–Crippen LogP) is -4.81. The fourth-order valence-electron chi connectivity index (χ4n) is 1.20. The van der Waals surface area contributed by atoms with Gasteiger partial charge in [-0.2, -0.15) is 0 Å². The minimum absolute atomic E-state index is 0. The van der Waals surface area contributed by atoms with Gasteiger partial charge in [0.25, 0.3) is 0 Å². The van der Waals surface area contributed by atoms with Crippen LogP contribution in [0.15, 0.2) is 25.0 Å². The minimum Gasteiger partial charge on any atom is -1.00 e. The molecule has 0 aromatic carbocycles. The molecule has 0 spiro atoms. The Kier molecular flexibility index (Phi) is 6.22. The Morgan fingerprint density at radius 1 is 1.85 bits per heavy atom. The first kappa shape index (κ1) is 12.8. The highest BCUT2D eigenvalue weighted by atomic mass is 79.9. The van der Waals surface area contributed by atoms with Gasteiger partial charge in [0, 0.05) is 0 Å². The molecule has 0 saturated carbocycles. The van der Waals surface area contributed by atoms with Crippen molar-refractivity contribution < 1.29 is 25.3 Å². The number of halogens is 1. The fourth-order valence-corrected chi connectivity index (χ4v) is 3.00. The molecule has 13 heavy (non-hydrogen) atoms. The number of aromatic nitrogens is 2. The van der Waals surface area contributed by atoms with E-state index in [1.54, 1.807) is 0 Å². The van der Waals surface area contributed by atoms with E-state index in [2.05, 4.69) is 34.8 Å². The zero-order chi connectivity index (χ0) is 8.97. The van der Waals surface area contributed by atoms with Crippen LogP contribution in [-0.4, -0.2) is 25.0 Å². The highest BCUT2D eigenvalue weighted by molar-refractivity contribution is 6.25. The average Bonchev–Trinajstić information content (AvgIpc) is 2.37. The summed E-state index contributed by atoms with van der Waals surface area (Å²) >= 11 is 0. The lowest BCUT2D eigenvalue weighted by atomic mass is 10.4. The van der Waals surface area contributed by atoms with Crippen molar-refractivity contribution in [3.63, 3.8) is 0 Å². The van der Waals surface area contributed by atoms with Crippen LogP contribution in [0.25, 0.3) is 0 Å². The highest BCUT2D eigenvalue weighted by Gasteiger charge is 2.11. The molecule has 0 aliphatic heterocycles. The highest BCUT2D eigenvalue weighted by Crippen LogP contribution is 1.92. The standard InChI is InChI=1S/C7H15N2OSi2.BrH/c1-3-4-7-8(2)5-6-9(7)12-10-11;/h3,5-6H,1,4,12H2,2,11H3;1H/q+1;/p-1. The number of hydrogen-bond acceptors (Lipinski definition) is 1. The van der Waals surface area contributed by atoms with Crippen LogP contribution >= 0.6 is 0 Å². The minimum atomic E-state index is -0.520.